The lowest BCUT2D eigenvalue weighted by Crippen LogP contribution is -2.26. The highest BCUT2D eigenvalue weighted by atomic mass is 32.2. The summed E-state index contributed by atoms with van der Waals surface area (Å²) in [6.45, 7) is 4.48. The summed E-state index contributed by atoms with van der Waals surface area (Å²) in [5.74, 6) is 1.63. The molecule has 0 bridgehead atoms. The maximum atomic E-state index is 12.9. The second-order valence-corrected chi connectivity index (χ2v) is 9.96. The normalized spacial score (nSPS) is 13.3. The number of nitrogens with zero attached hydrogens (tertiary/aromatic N) is 2. The zero-order valence-electron chi connectivity index (χ0n) is 20.0. The second-order valence-electron chi connectivity index (χ2n) is 8.07. The zero-order valence-corrected chi connectivity index (χ0v) is 20.8. The highest BCUT2D eigenvalue weighted by Crippen LogP contribution is 2.32. The predicted molar refractivity (Wildman–Crippen MR) is 131 cm³/mol. The van der Waals surface area contributed by atoms with Crippen molar-refractivity contribution in [2.24, 2.45) is 0 Å². The lowest BCUT2D eigenvalue weighted by Gasteiger charge is -2.15. The number of aromatic nitrogens is 1. The Morgan fingerprint density at radius 2 is 2.00 bits per heavy atom. The van der Waals surface area contributed by atoms with Gasteiger partial charge in [0.1, 0.15) is 12.4 Å². The number of rotatable bonds is 8. The van der Waals surface area contributed by atoms with Gasteiger partial charge in [-0.25, -0.2) is 13.1 Å². The summed E-state index contributed by atoms with van der Waals surface area (Å²) in [5, 5.41) is 3.93. The molecule has 0 saturated heterocycles. The van der Waals surface area contributed by atoms with Crippen LogP contribution in [0, 0.1) is 13.8 Å². The molecule has 0 unspecified atom stereocenters. The van der Waals surface area contributed by atoms with Crippen LogP contribution in [-0.4, -0.2) is 40.2 Å². The van der Waals surface area contributed by atoms with Gasteiger partial charge in [-0.2, -0.15) is 0 Å². The largest absolute Gasteiger partial charge is 0.493 e. The van der Waals surface area contributed by atoms with Crippen molar-refractivity contribution >= 4 is 27.7 Å². The SMILES string of the molecule is CNS(=O)(=O)c1ccc2c(c1)CCN2C(=O)/C=C/c1ccc(OCc2c(C)noc2C)c(OC)c1. The standard InChI is InChI=1S/C25H27N3O6S/c1-16-21(17(2)34-27-16)15-33-23-9-5-18(13-24(23)32-4)6-10-25(29)28-12-11-19-14-20(7-8-22(19)28)35(30,31)26-3/h5-10,13-14,26H,11-12,15H2,1-4H3/b10-6+. The van der Waals surface area contributed by atoms with E-state index in [1.165, 1.54) is 19.2 Å². The number of amides is 1. The Kier molecular flexibility index (Phi) is 6.95. The summed E-state index contributed by atoms with van der Waals surface area (Å²) in [5.41, 5.74) is 3.99. The van der Waals surface area contributed by atoms with E-state index < -0.39 is 10.0 Å². The molecular formula is C25H27N3O6S. The van der Waals surface area contributed by atoms with Crippen LogP contribution < -0.4 is 19.1 Å². The first-order valence-electron chi connectivity index (χ1n) is 11.0. The highest BCUT2D eigenvalue weighted by molar-refractivity contribution is 7.89. The lowest BCUT2D eigenvalue weighted by atomic mass is 10.1. The van der Waals surface area contributed by atoms with E-state index in [1.54, 1.807) is 42.4 Å². The number of carbonyl (C=O) groups excluding carboxylic acids is 1. The molecule has 0 fully saturated rings. The van der Waals surface area contributed by atoms with Gasteiger partial charge in [-0.05, 0) is 74.9 Å². The van der Waals surface area contributed by atoms with E-state index in [0.717, 1.165) is 28.1 Å². The van der Waals surface area contributed by atoms with Crippen molar-refractivity contribution in [1.29, 1.82) is 0 Å². The fourth-order valence-electron chi connectivity index (χ4n) is 3.91. The molecule has 0 saturated carbocycles. The second kappa shape index (κ2) is 9.93. The van der Waals surface area contributed by atoms with Crippen LogP contribution in [0.4, 0.5) is 5.69 Å². The molecule has 1 amide bonds. The average molecular weight is 498 g/mol. The molecule has 2 heterocycles. The number of nitrogens with one attached hydrogen (secondary N) is 1. The Labute approximate surface area is 204 Å². The van der Waals surface area contributed by atoms with Crippen LogP contribution in [0.5, 0.6) is 11.5 Å². The number of fused-ring (bicyclic) bond motifs is 1. The predicted octanol–water partition coefficient (Wildman–Crippen LogP) is 3.39. The van der Waals surface area contributed by atoms with Crippen LogP contribution >= 0.6 is 0 Å². The van der Waals surface area contributed by atoms with Crippen molar-refractivity contribution in [2.75, 3.05) is 25.6 Å². The van der Waals surface area contributed by atoms with Crippen molar-refractivity contribution in [1.82, 2.24) is 9.88 Å². The van der Waals surface area contributed by atoms with Crippen LogP contribution in [0.15, 0.2) is 51.9 Å². The van der Waals surface area contributed by atoms with Gasteiger partial charge in [0.15, 0.2) is 11.5 Å². The van der Waals surface area contributed by atoms with E-state index in [0.29, 0.717) is 36.8 Å². The summed E-state index contributed by atoms with van der Waals surface area (Å²) in [7, 11) is -0.606. The Bertz CT molecular complexity index is 1370. The van der Waals surface area contributed by atoms with Gasteiger partial charge in [-0.3, -0.25) is 4.79 Å². The molecule has 184 valence electrons. The smallest absolute Gasteiger partial charge is 0.251 e. The topological polar surface area (TPSA) is 111 Å². The molecule has 0 radical (unpaired) electrons. The number of ether oxygens (including phenoxy) is 2. The van der Waals surface area contributed by atoms with Crippen LogP contribution in [0.2, 0.25) is 0 Å². The molecular weight excluding hydrogens is 470 g/mol. The Morgan fingerprint density at radius 1 is 1.20 bits per heavy atom. The molecule has 0 spiro atoms. The monoisotopic (exact) mass is 497 g/mol. The van der Waals surface area contributed by atoms with E-state index in [2.05, 4.69) is 9.88 Å². The maximum Gasteiger partial charge on any atom is 0.251 e. The fourth-order valence-corrected chi connectivity index (χ4v) is 4.69. The Balaban J connectivity index is 1.46. The number of carbonyl (C=O) groups is 1. The third-order valence-electron chi connectivity index (χ3n) is 5.95. The minimum absolute atomic E-state index is 0.187. The van der Waals surface area contributed by atoms with Gasteiger partial charge in [0, 0.05) is 18.3 Å². The van der Waals surface area contributed by atoms with E-state index in [4.69, 9.17) is 14.0 Å². The van der Waals surface area contributed by atoms with Gasteiger partial charge in [0.25, 0.3) is 5.91 Å². The molecule has 1 aromatic heterocycles. The number of sulfonamides is 1. The van der Waals surface area contributed by atoms with Crippen molar-refractivity contribution in [2.45, 2.75) is 31.8 Å². The summed E-state index contributed by atoms with van der Waals surface area (Å²) in [4.78, 5) is 14.7. The maximum absolute atomic E-state index is 12.9. The third kappa shape index (κ3) is 5.08. The lowest BCUT2D eigenvalue weighted by molar-refractivity contribution is -0.114. The van der Waals surface area contributed by atoms with Crippen molar-refractivity contribution in [3.63, 3.8) is 0 Å². The first-order valence-corrected chi connectivity index (χ1v) is 12.5. The molecule has 9 nitrogen and oxygen atoms in total. The Hall–Kier alpha value is -3.63. The minimum atomic E-state index is -3.53. The number of hydrogen-bond acceptors (Lipinski definition) is 7. The van der Waals surface area contributed by atoms with E-state index in [9.17, 15) is 13.2 Å². The van der Waals surface area contributed by atoms with Crippen LogP contribution in [-0.2, 0) is 27.8 Å². The van der Waals surface area contributed by atoms with Crippen LogP contribution in [0.1, 0.15) is 28.1 Å². The minimum Gasteiger partial charge on any atom is -0.493 e. The summed E-state index contributed by atoms with van der Waals surface area (Å²) >= 11 is 0. The number of benzene rings is 2. The van der Waals surface area contributed by atoms with Gasteiger partial charge in [0.2, 0.25) is 10.0 Å². The van der Waals surface area contributed by atoms with E-state index in [1.807, 2.05) is 19.9 Å². The van der Waals surface area contributed by atoms with Gasteiger partial charge in [-0.15, -0.1) is 0 Å². The zero-order chi connectivity index (χ0) is 25.2. The molecule has 0 aliphatic carbocycles. The molecule has 4 rings (SSSR count). The average Bonchev–Trinajstić information content (AvgIpc) is 3.43. The van der Waals surface area contributed by atoms with Crippen LogP contribution in [0.25, 0.3) is 6.08 Å². The van der Waals surface area contributed by atoms with E-state index in [-0.39, 0.29) is 10.8 Å². The molecule has 3 aromatic rings. The molecule has 0 atom stereocenters. The van der Waals surface area contributed by atoms with Gasteiger partial charge < -0.3 is 18.9 Å². The third-order valence-corrected chi connectivity index (χ3v) is 7.36. The summed E-state index contributed by atoms with van der Waals surface area (Å²) in [6.07, 6.45) is 3.79. The molecule has 1 N–H and O–H groups in total. The summed E-state index contributed by atoms with van der Waals surface area (Å²) < 4.78 is 43.0. The number of aryl methyl sites for hydroxylation is 2. The summed E-state index contributed by atoms with van der Waals surface area (Å²) in [6, 6.07) is 10.2. The molecule has 2 aromatic carbocycles. The van der Waals surface area contributed by atoms with Gasteiger partial charge in [0.05, 0.1) is 23.3 Å². The number of anilines is 1. The molecule has 35 heavy (non-hydrogen) atoms. The molecule has 1 aliphatic rings. The quantitative estimate of drug-likeness (QED) is 0.475. The first kappa shape index (κ1) is 24.5. The molecule has 10 heteroatoms. The molecule has 1 aliphatic heterocycles. The van der Waals surface area contributed by atoms with Crippen molar-refractivity contribution in [3.05, 3.63) is 70.6 Å². The highest BCUT2D eigenvalue weighted by Gasteiger charge is 2.25. The number of hydrogen-bond donors (Lipinski definition) is 1. The van der Waals surface area contributed by atoms with E-state index >= 15 is 0 Å². The van der Waals surface area contributed by atoms with Crippen LogP contribution in [0.3, 0.4) is 0 Å². The van der Waals surface area contributed by atoms with Gasteiger partial charge in [-0.1, -0.05) is 11.2 Å². The van der Waals surface area contributed by atoms with Gasteiger partial charge >= 0.3 is 0 Å². The number of methoxy groups -OCH3 is 1. The first-order chi connectivity index (χ1) is 16.7. The Morgan fingerprint density at radius 3 is 2.69 bits per heavy atom. The van der Waals surface area contributed by atoms with Crippen molar-refractivity contribution in [3.8, 4) is 11.5 Å². The van der Waals surface area contributed by atoms with Crippen molar-refractivity contribution < 1.29 is 27.2 Å². The fraction of sp³-hybridized carbons (Fsp3) is 0.280.